The van der Waals surface area contributed by atoms with Gasteiger partial charge in [0, 0.05) is 6.20 Å². The van der Waals surface area contributed by atoms with Crippen LogP contribution in [0.2, 0.25) is 0 Å². The highest BCUT2D eigenvalue weighted by molar-refractivity contribution is 5.92. The molecule has 2 aromatic rings. The maximum atomic E-state index is 11.5. The molecule has 0 saturated heterocycles. The van der Waals surface area contributed by atoms with Crippen molar-refractivity contribution < 1.29 is 4.79 Å². The number of hydrogen-bond donors (Lipinski definition) is 2. The van der Waals surface area contributed by atoms with Crippen LogP contribution in [0.15, 0.2) is 41.6 Å². The summed E-state index contributed by atoms with van der Waals surface area (Å²) in [6.45, 7) is 2.01. The van der Waals surface area contributed by atoms with E-state index in [0.717, 1.165) is 5.56 Å². The molecule has 0 unspecified atom stereocenters. The predicted octanol–water partition coefficient (Wildman–Crippen LogP) is 1.48. The third-order valence-corrected chi connectivity index (χ3v) is 2.20. The second-order valence-corrected chi connectivity index (χ2v) is 3.58. The summed E-state index contributed by atoms with van der Waals surface area (Å²) in [6, 6.07) is 9.41. The minimum absolute atomic E-state index is 0.314. The zero-order valence-corrected chi connectivity index (χ0v) is 9.34. The van der Waals surface area contributed by atoms with Gasteiger partial charge in [0.1, 0.15) is 5.69 Å². The van der Waals surface area contributed by atoms with E-state index < -0.39 is 0 Å². The van der Waals surface area contributed by atoms with Gasteiger partial charge in [0.15, 0.2) is 0 Å². The van der Waals surface area contributed by atoms with E-state index in [1.165, 1.54) is 11.8 Å². The monoisotopic (exact) mass is 228 g/mol. The van der Waals surface area contributed by atoms with E-state index in [2.05, 4.69) is 20.7 Å². The smallest absolute Gasteiger partial charge is 0.273 e. The molecule has 0 saturated carbocycles. The first-order valence-corrected chi connectivity index (χ1v) is 5.15. The Morgan fingerprint density at radius 2 is 2.12 bits per heavy atom. The third kappa shape index (κ3) is 3.01. The summed E-state index contributed by atoms with van der Waals surface area (Å²) in [5, 5.41) is 10.1. The standard InChI is InChI=1S/C12H12N4O/c1-9-2-4-10(5-3-9)8-14-16-12(17)11-6-7-13-15-11/h2-8H,1H3,(H,13,15)(H,16,17)/b14-8-. The van der Waals surface area contributed by atoms with Crippen molar-refractivity contribution in [2.24, 2.45) is 5.10 Å². The molecule has 1 heterocycles. The van der Waals surface area contributed by atoms with Crippen molar-refractivity contribution in [3.63, 3.8) is 0 Å². The molecule has 86 valence electrons. The van der Waals surface area contributed by atoms with Gasteiger partial charge in [0.2, 0.25) is 0 Å². The Kier molecular flexibility index (Phi) is 3.30. The average Bonchev–Trinajstić information content (AvgIpc) is 2.85. The minimum atomic E-state index is -0.314. The molecule has 1 amide bonds. The maximum Gasteiger partial charge on any atom is 0.289 e. The van der Waals surface area contributed by atoms with Crippen molar-refractivity contribution in [3.8, 4) is 0 Å². The number of aromatic nitrogens is 2. The Bertz CT molecular complexity index is 514. The number of amides is 1. The Morgan fingerprint density at radius 1 is 1.35 bits per heavy atom. The predicted molar refractivity (Wildman–Crippen MR) is 64.8 cm³/mol. The number of H-pyrrole nitrogens is 1. The second kappa shape index (κ2) is 5.07. The quantitative estimate of drug-likeness (QED) is 0.617. The van der Waals surface area contributed by atoms with E-state index in [9.17, 15) is 4.79 Å². The number of carbonyl (C=O) groups excluding carboxylic acids is 1. The first kappa shape index (κ1) is 11.1. The van der Waals surface area contributed by atoms with Crippen LogP contribution in [0.4, 0.5) is 0 Å². The van der Waals surface area contributed by atoms with Gasteiger partial charge in [-0.2, -0.15) is 10.2 Å². The number of nitrogens with one attached hydrogen (secondary N) is 2. The van der Waals surface area contributed by atoms with Crippen molar-refractivity contribution in [1.29, 1.82) is 0 Å². The number of hydrogen-bond acceptors (Lipinski definition) is 3. The molecule has 5 nitrogen and oxygen atoms in total. The van der Waals surface area contributed by atoms with Crippen molar-refractivity contribution in [2.45, 2.75) is 6.92 Å². The SMILES string of the molecule is Cc1ccc(/C=N\NC(=O)c2ccn[nH]2)cc1. The van der Waals surface area contributed by atoms with Crippen LogP contribution in [0.3, 0.4) is 0 Å². The highest BCUT2D eigenvalue weighted by Crippen LogP contribution is 2.00. The summed E-state index contributed by atoms with van der Waals surface area (Å²) in [5.41, 5.74) is 4.90. The number of benzene rings is 1. The Hall–Kier alpha value is -2.43. The highest BCUT2D eigenvalue weighted by atomic mass is 16.2. The van der Waals surface area contributed by atoms with Crippen LogP contribution in [-0.2, 0) is 0 Å². The molecule has 1 aromatic carbocycles. The molecular formula is C12H12N4O. The normalized spacial score (nSPS) is 10.6. The molecule has 0 fully saturated rings. The number of aryl methyl sites for hydroxylation is 1. The Morgan fingerprint density at radius 3 is 2.76 bits per heavy atom. The molecule has 17 heavy (non-hydrogen) atoms. The van der Waals surface area contributed by atoms with Crippen LogP contribution in [0.25, 0.3) is 0 Å². The molecular weight excluding hydrogens is 216 g/mol. The molecule has 0 bridgehead atoms. The first-order valence-electron chi connectivity index (χ1n) is 5.15. The molecule has 0 atom stereocenters. The average molecular weight is 228 g/mol. The molecule has 0 spiro atoms. The lowest BCUT2D eigenvalue weighted by atomic mass is 10.2. The van der Waals surface area contributed by atoms with Crippen LogP contribution in [0.5, 0.6) is 0 Å². The van der Waals surface area contributed by atoms with Crippen LogP contribution in [0, 0.1) is 6.92 Å². The van der Waals surface area contributed by atoms with Gasteiger partial charge in [-0.1, -0.05) is 29.8 Å². The fourth-order valence-electron chi connectivity index (χ4n) is 1.26. The lowest BCUT2D eigenvalue weighted by molar-refractivity contribution is 0.0950. The molecule has 0 aliphatic rings. The van der Waals surface area contributed by atoms with Crippen molar-refractivity contribution >= 4 is 12.1 Å². The maximum absolute atomic E-state index is 11.5. The minimum Gasteiger partial charge on any atom is -0.273 e. The van der Waals surface area contributed by atoms with Crippen molar-refractivity contribution in [2.75, 3.05) is 0 Å². The van der Waals surface area contributed by atoms with E-state index in [-0.39, 0.29) is 5.91 Å². The van der Waals surface area contributed by atoms with Crippen LogP contribution >= 0.6 is 0 Å². The molecule has 2 N–H and O–H groups in total. The van der Waals surface area contributed by atoms with Crippen molar-refractivity contribution in [1.82, 2.24) is 15.6 Å². The lowest BCUT2D eigenvalue weighted by Crippen LogP contribution is -2.17. The molecule has 5 heteroatoms. The lowest BCUT2D eigenvalue weighted by Gasteiger charge is -1.96. The number of rotatable bonds is 3. The van der Waals surface area contributed by atoms with Gasteiger partial charge < -0.3 is 0 Å². The number of nitrogens with zero attached hydrogens (tertiary/aromatic N) is 2. The number of carbonyl (C=O) groups is 1. The van der Waals surface area contributed by atoms with E-state index >= 15 is 0 Å². The molecule has 2 rings (SSSR count). The van der Waals surface area contributed by atoms with Gasteiger partial charge in [-0.15, -0.1) is 0 Å². The summed E-state index contributed by atoms with van der Waals surface area (Å²) in [7, 11) is 0. The molecule has 0 aliphatic heterocycles. The largest absolute Gasteiger partial charge is 0.289 e. The van der Waals surface area contributed by atoms with Gasteiger partial charge in [-0.25, -0.2) is 5.43 Å². The zero-order chi connectivity index (χ0) is 12.1. The fourth-order valence-corrected chi connectivity index (χ4v) is 1.26. The molecule has 1 aromatic heterocycles. The van der Waals surface area contributed by atoms with Gasteiger partial charge in [0.25, 0.3) is 5.91 Å². The molecule has 0 radical (unpaired) electrons. The number of aromatic amines is 1. The summed E-state index contributed by atoms with van der Waals surface area (Å²) >= 11 is 0. The topological polar surface area (TPSA) is 70.1 Å². The van der Waals surface area contributed by atoms with E-state index in [1.807, 2.05) is 31.2 Å². The van der Waals surface area contributed by atoms with Gasteiger partial charge in [-0.05, 0) is 18.6 Å². The summed E-state index contributed by atoms with van der Waals surface area (Å²) < 4.78 is 0. The Balaban J connectivity index is 1.94. The van der Waals surface area contributed by atoms with E-state index in [1.54, 1.807) is 12.3 Å². The van der Waals surface area contributed by atoms with Crippen LogP contribution in [-0.4, -0.2) is 22.3 Å². The second-order valence-electron chi connectivity index (χ2n) is 3.58. The van der Waals surface area contributed by atoms with Crippen molar-refractivity contribution in [3.05, 3.63) is 53.3 Å². The molecule has 0 aliphatic carbocycles. The van der Waals surface area contributed by atoms with E-state index in [0.29, 0.717) is 5.69 Å². The Labute approximate surface area is 98.6 Å². The van der Waals surface area contributed by atoms with Gasteiger partial charge in [0.05, 0.1) is 6.21 Å². The fraction of sp³-hybridized carbons (Fsp3) is 0.0833. The van der Waals surface area contributed by atoms with E-state index in [4.69, 9.17) is 0 Å². The first-order chi connectivity index (χ1) is 8.25. The third-order valence-electron chi connectivity index (χ3n) is 2.20. The summed E-state index contributed by atoms with van der Waals surface area (Å²) in [5.74, 6) is -0.314. The summed E-state index contributed by atoms with van der Waals surface area (Å²) in [4.78, 5) is 11.5. The number of hydrazone groups is 1. The van der Waals surface area contributed by atoms with Gasteiger partial charge >= 0.3 is 0 Å². The zero-order valence-electron chi connectivity index (χ0n) is 9.34. The van der Waals surface area contributed by atoms with Crippen LogP contribution < -0.4 is 5.43 Å². The summed E-state index contributed by atoms with van der Waals surface area (Å²) in [6.07, 6.45) is 3.10. The van der Waals surface area contributed by atoms with Crippen LogP contribution in [0.1, 0.15) is 21.6 Å². The van der Waals surface area contributed by atoms with Gasteiger partial charge in [-0.3, -0.25) is 9.89 Å². The highest BCUT2D eigenvalue weighted by Gasteiger charge is 2.03.